The molecule has 1 unspecified atom stereocenters. The smallest absolute Gasteiger partial charge is 0.224 e. The lowest BCUT2D eigenvalue weighted by Crippen LogP contribution is -2.53. The summed E-state index contributed by atoms with van der Waals surface area (Å²) in [5.74, 6) is 0.391. The molecule has 3 N–H and O–H groups in total. The molecule has 0 spiro atoms. The van der Waals surface area contributed by atoms with E-state index in [2.05, 4.69) is 0 Å². The molecule has 1 atom stereocenters. The van der Waals surface area contributed by atoms with Gasteiger partial charge in [0.2, 0.25) is 5.91 Å². The second-order valence-corrected chi connectivity index (χ2v) is 5.52. The van der Waals surface area contributed by atoms with Crippen LogP contribution in [0, 0.1) is 11.3 Å². The van der Waals surface area contributed by atoms with E-state index < -0.39 is 0 Å². The number of aliphatic hydroxyl groups excluding tert-OH is 1. The first-order chi connectivity index (χ1) is 6.84. The van der Waals surface area contributed by atoms with Crippen molar-refractivity contribution < 1.29 is 9.90 Å². The van der Waals surface area contributed by atoms with Gasteiger partial charge in [0.25, 0.3) is 0 Å². The zero-order valence-electron chi connectivity index (χ0n) is 9.86. The highest BCUT2D eigenvalue weighted by Gasteiger charge is 2.32. The molecule has 0 radical (unpaired) electrons. The molecule has 0 aromatic rings. The summed E-state index contributed by atoms with van der Waals surface area (Å²) in [5.41, 5.74) is 5.91. The van der Waals surface area contributed by atoms with E-state index in [1.807, 2.05) is 20.8 Å². The average molecular weight is 214 g/mol. The summed E-state index contributed by atoms with van der Waals surface area (Å²) in [6, 6.07) is -0.0989. The number of nitrogens with two attached hydrogens (primary N) is 1. The lowest BCUT2D eigenvalue weighted by molar-refractivity contribution is -0.139. The Morgan fingerprint density at radius 3 is 2.47 bits per heavy atom. The van der Waals surface area contributed by atoms with Crippen LogP contribution in [0.2, 0.25) is 0 Å². The third kappa shape index (κ3) is 3.18. The lowest BCUT2D eigenvalue weighted by atomic mass is 9.85. The molecule has 0 aromatic heterocycles. The number of rotatable bonds is 3. The third-order valence-corrected chi connectivity index (χ3v) is 3.07. The number of likely N-dealkylation sites (tertiary alicyclic amines) is 1. The molecule has 0 saturated carbocycles. The predicted octanol–water partition coefficient (Wildman–Crippen LogP) is 0.201. The van der Waals surface area contributed by atoms with Crippen LogP contribution in [0.1, 0.15) is 27.2 Å². The van der Waals surface area contributed by atoms with Crippen molar-refractivity contribution in [3.63, 3.8) is 0 Å². The zero-order chi connectivity index (χ0) is 11.6. The maximum absolute atomic E-state index is 11.7. The number of hydrogen-bond donors (Lipinski definition) is 2. The highest BCUT2D eigenvalue weighted by Crippen LogP contribution is 2.22. The summed E-state index contributed by atoms with van der Waals surface area (Å²) in [7, 11) is 0. The molecule has 4 heteroatoms. The number of hydrogen-bond acceptors (Lipinski definition) is 3. The van der Waals surface area contributed by atoms with Gasteiger partial charge in [-0.25, -0.2) is 0 Å². The molecule has 0 aromatic carbocycles. The van der Waals surface area contributed by atoms with Gasteiger partial charge in [-0.15, -0.1) is 0 Å². The van der Waals surface area contributed by atoms with E-state index in [0.717, 1.165) is 0 Å². The minimum Gasteiger partial charge on any atom is -0.396 e. The summed E-state index contributed by atoms with van der Waals surface area (Å²) in [6.07, 6.45) is 0.404. The third-order valence-electron chi connectivity index (χ3n) is 3.07. The minimum atomic E-state index is -0.0989. The van der Waals surface area contributed by atoms with Gasteiger partial charge in [0.1, 0.15) is 0 Å². The van der Waals surface area contributed by atoms with E-state index in [4.69, 9.17) is 10.8 Å². The van der Waals surface area contributed by atoms with E-state index in [0.29, 0.717) is 19.5 Å². The molecule has 1 amide bonds. The van der Waals surface area contributed by atoms with Crippen molar-refractivity contribution in [1.82, 2.24) is 4.90 Å². The summed E-state index contributed by atoms with van der Waals surface area (Å²) in [4.78, 5) is 13.5. The number of carbonyl (C=O) groups excluding carboxylic acids is 1. The molecule has 4 nitrogen and oxygen atoms in total. The summed E-state index contributed by atoms with van der Waals surface area (Å²) >= 11 is 0. The topological polar surface area (TPSA) is 66.6 Å². The van der Waals surface area contributed by atoms with Crippen LogP contribution in [0.15, 0.2) is 0 Å². The van der Waals surface area contributed by atoms with Crippen molar-refractivity contribution in [2.45, 2.75) is 33.2 Å². The van der Waals surface area contributed by atoms with Gasteiger partial charge < -0.3 is 15.7 Å². The normalized spacial score (nSPS) is 19.9. The van der Waals surface area contributed by atoms with Crippen LogP contribution in [0.5, 0.6) is 0 Å². The molecule has 0 bridgehead atoms. The van der Waals surface area contributed by atoms with Gasteiger partial charge in [-0.3, -0.25) is 4.79 Å². The van der Waals surface area contributed by atoms with Crippen molar-refractivity contribution in [3.05, 3.63) is 0 Å². The average Bonchev–Trinajstić information content (AvgIpc) is 2.00. The van der Waals surface area contributed by atoms with Crippen molar-refractivity contribution in [3.8, 4) is 0 Å². The number of nitrogens with zero attached hydrogens (tertiary/aromatic N) is 1. The van der Waals surface area contributed by atoms with Gasteiger partial charge in [0.05, 0.1) is 0 Å². The molecule has 88 valence electrons. The van der Waals surface area contributed by atoms with Gasteiger partial charge in [-0.2, -0.15) is 0 Å². The van der Waals surface area contributed by atoms with Gasteiger partial charge in [-0.05, 0) is 5.41 Å². The van der Waals surface area contributed by atoms with Crippen molar-refractivity contribution in [2.75, 3.05) is 19.7 Å². The second kappa shape index (κ2) is 4.49. The molecule has 1 rings (SSSR count). The first kappa shape index (κ1) is 12.5. The first-order valence-corrected chi connectivity index (χ1v) is 5.48. The van der Waals surface area contributed by atoms with E-state index in [1.165, 1.54) is 0 Å². The molecular formula is C11H22N2O2. The van der Waals surface area contributed by atoms with Gasteiger partial charge in [-0.1, -0.05) is 20.8 Å². The van der Waals surface area contributed by atoms with Crippen LogP contribution in [-0.4, -0.2) is 41.7 Å². The molecular weight excluding hydrogens is 192 g/mol. The molecule has 1 aliphatic rings. The molecule has 1 aliphatic heterocycles. The Hall–Kier alpha value is -0.610. The van der Waals surface area contributed by atoms with Crippen LogP contribution in [-0.2, 0) is 4.79 Å². The van der Waals surface area contributed by atoms with E-state index in [9.17, 15) is 4.79 Å². The van der Waals surface area contributed by atoms with Crippen LogP contribution in [0.3, 0.4) is 0 Å². The Bertz CT molecular complexity index is 229. The second-order valence-electron chi connectivity index (χ2n) is 5.52. The van der Waals surface area contributed by atoms with Crippen LogP contribution < -0.4 is 5.73 Å². The monoisotopic (exact) mass is 214 g/mol. The Morgan fingerprint density at radius 2 is 2.07 bits per heavy atom. The van der Waals surface area contributed by atoms with Crippen molar-refractivity contribution in [2.24, 2.45) is 17.1 Å². The Morgan fingerprint density at radius 1 is 1.53 bits per heavy atom. The predicted molar refractivity (Wildman–Crippen MR) is 59.2 cm³/mol. The molecule has 15 heavy (non-hydrogen) atoms. The Balaban J connectivity index is 2.32. The fourth-order valence-electron chi connectivity index (χ4n) is 1.51. The number of amides is 1. The Kier molecular flexibility index (Phi) is 3.73. The van der Waals surface area contributed by atoms with Gasteiger partial charge in [0.15, 0.2) is 0 Å². The van der Waals surface area contributed by atoms with Crippen molar-refractivity contribution >= 4 is 5.91 Å². The van der Waals surface area contributed by atoms with Crippen LogP contribution in [0.25, 0.3) is 0 Å². The highest BCUT2D eigenvalue weighted by atomic mass is 16.3. The number of aliphatic hydroxyl groups is 1. The maximum Gasteiger partial charge on any atom is 0.224 e. The summed E-state index contributed by atoms with van der Waals surface area (Å²) in [6.45, 7) is 7.67. The minimum absolute atomic E-state index is 0.0308. The van der Waals surface area contributed by atoms with Crippen LogP contribution >= 0.6 is 0 Å². The first-order valence-electron chi connectivity index (χ1n) is 5.48. The molecule has 1 fully saturated rings. The quantitative estimate of drug-likeness (QED) is 0.705. The highest BCUT2D eigenvalue weighted by molar-refractivity contribution is 5.77. The zero-order valence-corrected chi connectivity index (χ0v) is 9.86. The Labute approximate surface area is 91.4 Å². The van der Waals surface area contributed by atoms with E-state index >= 15 is 0 Å². The molecule has 1 saturated heterocycles. The van der Waals surface area contributed by atoms with E-state index in [-0.39, 0.29) is 29.9 Å². The fourth-order valence-corrected chi connectivity index (χ4v) is 1.51. The lowest BCUT2D eigenvalue weighted by Gasteiger charge is -2.39. The number of carbonyl (C=O) groups is 1. The molecule has 1 heterocycles. The molecule has 0 aliphatic carbocycles. The van der Waals surface area contributed by atoms with Gasteiger partial charge in [0, 0.05) is 38.1 Å². The summed E-state index contributed by atoms with van der Waals surface area (Å²) in [5, 5.41) is 8.83. The maximum atomic E-state index is 11.7. The van der Waals surface area contributed by atoms with E-state index in [1.54, 1.807) is 4.90 Å². The summed E-state index contributed by atoms with van der Waals surface area (Å²) < 4.78 is 0. The SMILES string of the molecule is CC(C)(C)C(N)CC(=O)N1CC(CO)C1. The largest absolute Gasteiger partial charge is 0.396 e. The standard InChI is InChI=1S/C11H22N2O2/c1-11(2,3)9(12)4-10(15)13-5-8(6-13)7-14/h8-9,14H,4-7,12H2,1-3H3. The van der Waals surface area contributed by atoms with Crippen LogP contribution in [0.4, 0.5) is 0 Å². The fraction of sp³-hybridized carbons (Fsp3) is 0.909. The van der Waals surface area contributed by atoms with Crippen molar-refractivity contribution in [1.29, 1.82) is 0 Å². The van der Waals surface area contributed by atoms with Gasteiger partial charge >= 0.3 is 0 Å².